The van der Waals surface area contributed by atoms with Gasteiger partial charge in [0.05, 0.1) is 32.4 Å². The molecular formula is C24H29N3O5. The van der Waals surface area contributed by atoms with Gasteiger partial charge in [0.15, 0.2) is 11.5 Å². The second-order valence-corrected chi connectivity index (χ2v) is 7.38. The fourth-order valence-electron chi connectivity index (χ4n) is 3.79. The molecule has 0 spiro atoms. The van der Waals surface area contributed by atoms with Crippen LogP contribution in [0.3, 0.4) is 0 Å². The largest absolute Gasteiger partial charge is 0.493 e. The first-order valence-electron chi connectivity index (χ1n) is 10.4. The maximum absolute atomic E-state index is 13.0. The molecule has 8 nitrogen and oxygen atoms in total. The summed E-state index contributed by atoms with van der Waals surface area (Å²) in [6.45, 7) is 2.96. The highest BCUT2D eigenvalue weighted by Gasteiger charge is 2.36. The smallest absolute Gasteiger partial charge is 0.338 e. The molecule has 0 radical (unpaired) electrons. The van der Waals surface area contributed by atoms with Crippen molar-refractivity contribution in [3.8, 4) is 11.5 Å². The van der Waals surface area contributed by atoms with E-state index in [1.807, 2.05) is 42.3 Å². The number of ether oxygens (including phenoxy) is 3. The molecule has 1 aliphatic rings. The van der Waals surface area contributed by atoms with Gasteiger partial charge in [-0.3, -0.25) is 4.90 Å². The van der Waals surface area contributed by atoms with Gasteiger partial charge in [-0.1, -0.05) is 42.5 Å². The number of nitrogens with zero attached hydrogens (tertiary/aromatic N) is 1. The standard InChI is InChI=1S/C24H29N3O5/c1-5-32-23(28)20-18(15-27(2)14-16-10-7-6-8-11-16)25-24(29)26-21(20)17-12-9-13-19(30-3)22(17)31-4/h6-13,21H,5,14-15H2,1-4H3,(H2,25,26,29)/t21-/m1/s1. The van der Waals surface area contributed by atoms with Crippen LogP contribution in [-0.4, -0.2) is 51.3 Å². The van der Waals surface area contributed by atoms with Crippen molar-refractivity contribution in [2.24, 2.45) is 0 Å². The Balaban J connectivity index is 2.03. The summed E-state index contributed by atoms with van der Waals surface area (Å²) in [5.41, 5.74) is 2.55. The molecule has 2 amide bonds. The third kappa shape index (κ3) is 5.20. The van der Waals surface area contributed by atoms with Crippen LogP contribution in [0.1, 0.15) is 24.1 Å². The molecule has 0 unspecified atom stereocenters. The van der Waals surface area contributed by atoms with E-state index in [9.17, 15) is 9.59 Å². The molecule has 0 bridgehead atoms. The van der Waals surface area contributed by atoms with E-state index in [-0.39, 0.29) is 6.61 Å². The number of benzene rings is 2. The van der Waals surface area contributed by atoms with E-state index in [0.29, 0.717) is 41.4 Å². The number of nitrogens with one attached hydrogen (secondary N) is 2. The van der Waals surface area contributed by atoms with E-state index in [0.717, 1.165) is 5.56 Å². The Bertz CT molecular complexity index is 990. The molecule has 0 aliphatic carbocycles. The maximum Gasteiger partial charge on any atom is 0.338 e. The van der Waals surface area contributed by atoms with Crippen LogP contribution in [0.4, 0.5) is 4.79 Å². The minimum Gasteiger partial charge on any atom is -0.493 e. The van der Waals surface area contributed by atoms with Crippen molar-refractivity contribution in [1.29, 1.82) is 0 Å². The molecule has 1 heterocycles. The van der Waals surface area contributed by atoms with Crippen molar-refractivity contribution in [1.82, 2.24) is 15.5 Å². The Morgan fingerprint density at radius 2 is 1.78 bits per heavy atom. The van der Waals surface area contributed by atoms with Gasteiger partial charge >= 0.3 is 12.0 Å². The van der Waals surface area contributed by atoms with Crippen molar-refractivity contribution in [2.75, 3.05) is 34.4 Å². The molecule has 2 aromatic rings. The minimum absolute atomic E-state index is 0.214. The highest BCUT2D eigenvalue weighted by atomic mass is 16.5. The van der Waals surface area contributed by atoms with E-state index >= 15 is 0 Å². The van der Waals surface area contributed by atoms with Gasteiger partial charge < -0.3 is 24.8 Å². The highest BCUT2D eigenvalue weighted by Crippen LogP contribution is 2.39. The minimum atomic E-state index is -0.757. The summed E-state index contributed by atoms with van der Waals surface area (Å²) in [5.74, 6) is 0.447. The SMILES string of the molecule is CCOC(=O)C1=C(CN(C)Cc2ccccc2)NC(=O)N[C@@H]1c1cccc(OC)c1OC. The molecule has 1 aliphatic heterocycles. The number of hydrogen-bond donors (Lipinski definition) is 2. The lowest BCUT2D eigenvalue weighted by molar-refractivity contribution is -0.139. The zero-order valence-electron chi connectivity index (χ0n) is 18.8. The summed E-state index contributed by atoms with van der Waals surface area (Å²) >= 11 is 0. The lowest BCUT2D eigenvalue weighted by Crippen LogP contribution is -2.48. The molecule has 2 aromatic carbocycles. The Hall–Kier alpha value is -3.52. The molecule has 0 saturated carbocycles. The van der Waals surface area contributed by atoms with E-state index in [4.69, 9.17) is 14.2 Å². The Kier molecular flexibility index (Phi) is 7.72. The zero-order chi connectivity index (χ0) is 23.1. The first kappa shape index (κ1) is 23.1. The van der Waals surface area contributed by atoms with E-state index in [1.165, 1.54) is 14.2 Å². The lowest BCUT2D eigenvalue weighted by Gasteiger charge is -2.32. The number of carbonyl (C=O) groups excluding carboxylic acids is 2. The maximum atomic E-state index is 13.0. The lowest BCUT2D eigenvalue weighted by atomic mass is 9.94. The molecule has 0 fully saturated rings. The van der Waals surface area contributed by atoms with Crippen molar-refractivity contribution in [3.05, 3.63) is 70.9 Å². The second-order valence-electron chi connectivity index (χ2n) is 7.38. The Morgan fingerprint density at radius 1 is 1.03 bits per heavy atom. The Labute approximate surface area is 188 Å². The number of methoxy groups -OCH3 is 2. The van der Waals surface area contributed by atoms with Gasteiger partial charge in [-0.2, -0.15) is 0 Å². The number of para-hydroxylation sites is 1. The third-order valence-electron chi connectivity index (χ3n) is 5.12. The quantitative estimate of drug-likeness (QED) is 0.584. The van der Waals surface area contributed by atoms with Gasteiger partial charge in [-0.25, -0.2) is 9.59 Å². The summed E-state index contributed by atoms with van der Waals surface area (Å²) in [6, 6.07) is 14.1. The van der Waals surface area contributed by atoms with Gasteiger partial charge in [-0.15, -0.1) is 0 Å². The number of urea groups is 1. The van der Waals surface area contributed by atoms with Crippen LogP contribution in [0.15, 0.2) is 59.8 Å². The summed E-state index contributed by atoms with van der Waals surface area (Å²) in [5, 5.41) is 5.64. The monoisotopic (exact) mass is 439 g/mol. The van der Waals surface area contributed by atoms with Gasteiger partial charge in [0.2, 0.25) is 0 Å². The average molecular weight is 440 g/mol. The van der Waals surface area contributed by atoms with Crippen molar-refractivity contribution in [3.63, 3.8) is 0 Å². The summed E-state index contributed by atoms with van der Waals surface area (Å²) < 4.78 is 16.3. The summed E-state index contributed by atoms with van der Waals surface area (Å²) in [7, 11) is 4.99. The van der Waals surface area contributed by atoms with Crippen LogP contribution >= 0.6 is 0 Å². The van der Waals surface area contributed by atoms with Gasteiger partial charge in [-0.05, 0) is 25.6 Å². The zero-order valence-corrected chi connectivity index (χ0v) is 18.8. The third-order valence-corrected chi connectivity index (χ3v) is 5.12. The first-order chi connectivity index (χ1) is 15.5. The summed E-state index contributed by atoms with van der Waals surface area (Å²) in [4.78, 5) is 27.6. The number of esters is 1. The Morgan fingerprint density at radius 3 is 2.44 bits per heavy atom. The van der Waals surface area contributed by atoms with E-state index < -0.39 is 18.0 Å². The van der Waals surface area contributed by atoms with Crippen molar-refractivity contribution < 1.29 is 23.8 Å². The number of carbonyl (C=O) groups is 2. The predicted molar refractivity (Wildman–Crippen MR) is 120 cm³/mol. The van der Waals surface area contributed by atoms with Crippen LogP contribution in [0.25, 0.3) is 0 Å². The number of rotatable bonds is 9. The van der Waals surface area contributed by atoms with Gasteiger partial charge in [0.25, 0.3) is 0 Å². The normalized spacial score (nSPS) is 15.8. The fraction of sp³-hybridized carbons (Fsp3) is 0.333. The van der Waals surface area contributed by atoms with Crippen LogP contribution in [0.5, 0.6) is 11.5 Å². The summed E-state index contributed by atoms with van der Waals surface area (Å²) in [6.07, 6.45) is 0. The van der Waals surface area contributed by atoms with Crippen LogP contribution < -0.4 is 20.1 Å². The van der Waals surface area contributed by atoms with Crippen molar-refractivity contribution >= 4 is 12.0 Å². The van der Waals surface area contributed by atoms with Gasteiger partial charge in [0, 0.05) is 24.4 Å². The molecular weight excluding hydrogens is 410 g/mol. The molecule has 1 atom stereocenters. The predicted octanol–water partition coefficient (Wildman–Crippen LogP) is 3.01. The topological polar surface area (TPSA) is 89.1 Å². The van der Waals surface area contributed by atoms with E-state index in [1.54, 1.807) is 25.1 Å². The van der Waals surface area contributed by atoms with Crippen LogP contribution in [0, 0.1) is 0 Å². The first-order valence-corrected chi connectivity index (χ1v) is 10.4. The van der Waals surface area contributed by atoms with Crippen molar-refractivity contribution in [2.45, 2.75) is 19.5 Å². The van der Waals surface area contributed by atoms with Gasteiger partial charge in [0.1, 0.15) is 0 Å². The molecule has 3 rings (SSSR count). The average Bonchev–Trinajstić information content (AvgIpc) is 2.78. The fourth-order valence-corrected chi connectivity index (χ4v) is 3.79. The van der Waals surface area contributed by atoms with Crippen LogP contribution in [0.2, 0.25) is 0 Å². The van der Waals surface area contributed by atoms with E-state index in [2.05, 4.69) is 10.6 Å². The number of amides is 2. The van der Waals surface area contributed by atoms with Crippen LogP contribution in [-0.2, 0) is 16.1 Å². The molecule has 32 heavy (non-hydrogen) atoms. The highest BCUT2D eigenvalue weighted by molar-refractivity contribution is 5.95. The molecule has 8 heteroatoms. The molecule has 0 aromatic heterocycles. The number of likely N-dealkylation sites (N-methyl/N-ethyl adjacent to an activating group) is 1. The molecule has 170 valence electrons. The second kappa shape index (κ2) is 10.7. The molecule has 2 N–H and O–H groups in total. The molecule has 0 saturated heterocycles. The number of hydrogen-bond acceptors (Lipinski definition) is 6.